The van der Waals surface area contributed by atoms with E-state index in [4.69, 9.17) is 0 Å². The summed E-state index contributed by atoms with van der Waals surface area (Å²) in [4.78, 5) is 28.7. The Kier molecular flexibility index (Phi) is 5.43. The van der Waals surface area contributed by atoms with Gasteiger partial charge in [-0.25, -0.2) is 9.18 Å². The Morgan fingerprint density at radius 3 is 2.46 bits per heavy atom. The SMILES string of the molecule is C[C@@]12CCC[C@H]1[C@@H]1CN(C(=O)NC3(c4ccc(F)cc4)CCCC3)C3=CC(=O)CC[C@]3(C)[C@H]1CC2. The topological polar surface area (TPSA) is 49.4 Å². The van der Waals surface area contributed by atoms with Gasteiger partial charge in [-0.1, -0.05) is 45.2 Å². The van der Waals surface area contributed by atoms with Crippen LogP contribution in [-0.2, 0) is 10.3 Å². The van der Waals surface area contributed by atoms with Crippen molar-refractivity contribution in [2.75, 3.05) is 6.54 Å². The summed E-state index contributed by atoms with van der Waals surface area (Å²) in [5, 5.41) is 3.44. The number of benzene rings is 1. The molecule has 4 aliphatic carbocycles. The van der Waals surface area contributed by atoms with Gasteiger partial charge in [-0.3, -0.25) is 9.69 Å². The maximum absolute atomic E-state index is 14.1. The molecule has 4 fully saturated rings. The Morgan fingerprint density at radius 2 is 1.71 bits per heavy atom. The number of hydrogen-bond donors (Lipinski definition) is 1. The predicted octanol–water partition coefficient (Wildman–Crippen LogP) is 6.71. The number of fused-ring (bicyclic) bond motifs is 5. The zero-order chi connectivity index (χ0) is 24.4. The van der Waals surface area contributed by atoms with Crippen LogP contribution in [0.4, 0.5) is 9.18 Å². The number of carbonyl (C=O) groups is 2. The van der Waals surface area contributed by atoms with Crippen LogP contribution >= 0.6 is 0 Å². The summed E-state index contributed by atoms with van der Waals surface area (Å²) in [6.07, 6.45) is 13.4. The van der Waals surface area contributed by atoms with E-state index in [-0.39, 0.29) is 23.0 Å². The third-order valence-corrected chi connectivity index (χ3v) is 10.9. The van der Waals surface area contributed by atoms with Gasteiger partial charge in [0, 0.05) is 30.2 Å². The van der Waals surface area contributed by atoms with Gasteiger partial charge in [-0.15, -0.1) is 0 Å². The van der Waals surface area contributed by atoms with E-state index in [1.165, 1.54) is 44.2 Å². The van der Waals surface area contributed by atoms with Gasteiger partial charge in [-0.2, -0.15) is 0 Å². The quantitative estimate of drug-likeness (QED) is 0.514. The number of amides is 2. The van der Waals surface area contributed by atoms with Crippen molar-refractivity contribution in [3.05, 3.63) is 47.4 Å². The summed E-state index contributed by atoms with van der Waals surface area (Å²) in [5.41, 5.74) is 1.73. The molecule has 1 aliphatic heterocycles. The van der Waals surface area contributed by atoms with Crippen LogP contribution in [0.2, 0.25) is 0 Å². The van der Waals surface area contributed by atoms with Crippen LogP contribution in [0.15, 0.2) is 36.0 Å². The van der Waals surface area contributed by atoms with Gasteiger partial charge in [0.25, 0.3) is 0 Å². The van der Waals surface area contributed by atoms with E-state index in [1.54, 1.807) is 6.08 Å². The third-order valence-electron chi connectivity index (χ3n) is 10.9. The fraction of sp³-hybridized carbons (Fsp3) is 0.667. The van der Waals surface area contributed by atoms with E-state index in [0.717, 1.165) is 43.4 Å². The number of allylic oxidation sites excluding steroid dienone is 2. The van der Waals surface area contributed by atoms with Gasteiger partial charge >= 0.3 is 6.03 Å². The molecular formula is C30H39FN2O2. The van der Waals surface area contributed by atoms with Gasteiger partial charge in [0.2, 0.25) is 0 Å². The van der Waals surface area contributed by atoms with E-state index in [0.29, 0.717) is 36.1 Å². The average molecular weight is 479 g/mol. The summed E-state index contributed by atoms with van der Waals surface area (Å²) in [7, 11) is 0. The molecule has 3 saturated carbocycles. The second-order valence-electron chi connectivity index (χ2n) is 12.7. The summed E-state index contributed by atoms with van der Waals surface area (Å²) >= 11 is 0. The lowest BCUT2D eigenvalue weighted by Gasteiger charge is -2.59. The van der Waals surface area contributed by atoms with Crippen LogP contribution in [0.3, 0.4) is 0 Å². The fourth-order valence-electron chi connectivity index (χ4n) is 9.00. The molecule has 0 unspecified atom stereocenters. The third kappa shape index (κ3) is 3.59. The van der Waals surface area contributed by atoms with Gasteiger partial charge in [0.05, 0.1) is 5.54 Å². The first kappa shape index (κ1) is 23.2. The molecule has 1 aromatic carbocycles. The van der Waals surface area contributed by atoms with Crippen molar-refractivity contribution in [3.8, 4) is 0 Å². The molecule has 1 N–H and O–H groups in total. The number of urea groups is 1. The number of halogens is 1. The van der Waals surface area contributed by atoms with Gasteiger partial charge in [0.1, 0.15) is 5.82 Å². The van der Waals surface area contributed by atoms with Crippen molar-refractivity contribution < 1.29 is 14.0 Å². The minimum atomic E-state index is -0.467. The van der Waals surface area contributed by atoms with Crippen molar-refractivity contribution in [2.45, 2.75) is 90.0 Å². The van der Waals surface area contributed by atoms with E-state index < -0.39 is 5.54 Å². The van der Waals surface area contributed by atoms with Crippen LogP contribution in [0.1, 0.15) is 90.0 Å². The van der Waals surface area contributed by atoms with E-state index in [1.807, 2.05) is 17.0 Å². The van der Waals surface area contributed by atoms with E-state index >= 15 is 0 Å². The van der Waals surface area contributed by atoms with Gasteiger partial charge < -0.3 is 5.32 Å². The molecule has 1 heterocycles. The average Bonchev–Trinajstić information content (AvgIpc) is 3.46. The molecule has 0 radical (unpaired) electrons. The fourth-order valence-corrected chi connectivity index (χ4v) is 9.00. The molecule has 0 aromatic heterocycles. The zero-order valence-electron chi connectivity index (χ0n) is 21.2. The van der Waals surface area contributed by atoms with Crippen LogP contribution in [0, 0.1) is 34.4 Å². The van der Waals surface area contributed by atoms with Crippen LogP contribution in [-0.4, -0.2) is 23.3 Å². The maximum atomic E-state index is 14.1. The zero-order valence-corrected chi connectivity index (χ0v) is 21.2. The van der Waals surface area contributed by atoms with E-state index in [2.05, 4.69) is 19.2 Å². The molecule has 6 rings (SSSR count). The van der Waals surface area contributed by atoms with Gasteiger partial charge in [0.15, 0.2) is 5.78 Å². The summed E-state index contributed by atoms with van der Waals surface area (Å²) in [5.74, 6) is 1.57. The number of hydrogen-bond acceptors (Lipinski definition) is 2. The molecule has 1 saturated heterocycles. The first-order valence-corrected chi connectivity index (χ1v) is 13.8. The molecule has 2 amide bonds. The van der Waals surface area contributed by atoms with E-state index in [9.17, 15) is 14.0 Å². The van der Waals surface area contributed by atoms with Crippen molar-refractivity contribution in [1.29, 1.82) is 0 Å². The van der Waals surface area contributed by atoms with Crippen molar-refractivity contribution in [2.24, 2.45) is 28.6 Å². The number of likely N-dealkylation sites (tertiary alicyclic amines) is 1. The number of nitrogens with zero attached hydrogens (tertiary/aromatic N) is 1. The second-order valence-corrected chi connectivity index (χ2v) is 12.7. The summed E-state index contributed by atoms with van der Waals surface area (Å²) in [6.45, 7) is 5.52. The highest BCUT2D eigenvalue weighted by Gasteiger charge is 2.59. The van der Waals surface area contributed by atoms with Crippen molar-refractivity contribution in [3.63, 3.8) is 0 Å². The monoisotopic (exact) mass is 478 g/mol. The maximum Gasteiger partial charge on any atom is 0.322 e. The smallest absolute Gasteiger partial charge is 0.322 e. The first-order chi connectivity index (χ1) is 16.7. The number of nitrogens with one attached hydrogen (secondary N) is 1. The molecule has 35 heavy (non-hydrogen) atoms. The molecule has 4 nitrogen and oxygen atoms in total. The molecule has 0 spiro atoms. The molecular weight excluding hydrogens is 439 g/mol. The molecule has 1 aromatic rings. The highest BCUT2D eigenvalue weighted by molar-refractivity contribution is 5.93. The van der Waals surface area contributed by atoms with Crippen molar-refractivity contribution >= 4 is 11.8 Å². The molecule has 5 aliphatic rings. The standard InChI is InChI=1S/C30H39FN2O2/c1-28-13-5-6-24(28)23-19-33(26-18-22(34)11-17-29(26,2)25(23)12-16-28)27(35)32-30(14-3-4-15-30)20-7-9-21(31)10-8-20/h7-10,18,23-25H,3-6,11-17,19H2,1-2H3,(H,32,35)/t23-,24-,25-,28-,29+/m0/s1. The number of piperidine rings is 1. The largest absolute Gasteiger partial charge is 0.328 e. The Balaban J connectivity index is 1.36. The van der Waals surface area contributed by atoms with Crippen LogP contribution in [0.25, 0.3) is 0 Å². The first-order valence-electron chi connectivity index (χ1n) is 13.8. The number of ketones is 1. The highest BCUT2D eigenvalue weighted by atomic mass is 19.1. The second kappa shape index (κ2) is 8.18. The summed E-state index contributed by atoms with van der Waals surface area (Å²) in [6, 6.07) is 6.56. The lowest BCUT2D eigenvalue weighted by molar-refractivity contribution is -0.118. The lowest BCUT2D eigenvalue weighted by atomic mass is 9.50. The van der Waals surface area contributed by atoms with Crippen LogP contribution < -0.4 is 5.32 Å². The summed E-state index contributed by atoms with van der Waals surface area (Å²) < 4.78 is 13.7. The normalized spacial score (nSPS) is 37.8. The Hall–Kier alpha value is -2.17. The minimum absolute atomic E-state index is 0.0767. The molecule has 188 valence electrons. The lowest BCUT2D eigenvalue weighted by Crippen LogP contribution is -2.61. The van der Waals surface area contributed by atoms with Gasteiger partial charge in [-0.05, 0) is 85.8 Å². The predicted molar refractivity (Wildman–Crippen MR) is 134 cm³/mol. The Bertz CT molecular complexity index is 1060. The molecule has 0 bridgehead atoms. The number of rotatable bonds is 2. The highest BCUT2D eigenvalue weighted by Crippen LogP contribution is 2.64. The Morgan fingerprint density at radius 1 is 0.971 bits per heavy atom. The van der Waals surface area contributed by atoms with Crippen LogP contribution in [0.5, 0.6) is 0 Å². The molecule has 5 heteroatoms. The minimum Gasteiger partial charge on any atom is -0.328 e. The number of carbonyl (C=O) groups excluding carboxylic acids is 2. The molecule has 5 atom stereocenters. The Labute approximate surface area is 208 Å². The van der Waals surface area contributed by atoms with Crippen molar-refractivity contribution in [1.82, 2.24) is 10.2 Å².